The highest BCUT2D eigenvalue weighted by Crippen LogP contribution is 2.26. The Balaban J connectivity index is 1.85. The van der Waals surface area contributed by atoms with Crippen LogP contribution in [0.1, 0.15) is 44.9 Å². The van der Waals surface area contributed by atoms with Crippen LogP contribution in [0.5, 0.6) is 0 Å². The van der Waals surface area contributed by atoms with Gasteiger partial charge in [-0.3, -0.25) is 0 Å². The Bertz CT molecular complexity index is 240. The smallest absolute Gasteiger partial charge is 0.0900 e. The van der Waals surface area contributed by atoms with Gasteiger partial charge < -0.3 is 14.9 Å². The first kappa shape index (κ1) is 13.3. The molecule has 1 heterocycles. The molecule has 17 heavy (non-hydrogen) atoms. The van der Waals surface area contributed by atoms with Gasteiger partial charge in [-0.2, -0.15) is 0 Å². The molecule has 0 aromatic rings. The van der Waals surface area contributed by atoms with Crippen molar-refractivity contribution in [3.8, 4) is 0 Å². The van der Waals surface area contributed by atoms with Crippen LogP contribution in [0.2, 0.25) is 0 Å². The molecule has 1 saturated heterocycles. The average Bonchev–Trinajstić information content (AvgIpc) is 2.29. The van der Waals surface area contributed by atoms with Gasteiger partial charge in [0.2, 0.25) is 0 Å². The van der Waals surface area contributed by atoms with Gasteiger partial charge >= 0.3 is 0 Å². The van der Waals surface area contributed by atoms with Crippen LogP contribution in [-0.4, -0.2) is 60.3 Å². The molecular formula is C14H28N2O. The van der Waals surface area contributed by atoms with E-state index >= 15 is 0 Å². The lowest BCUT2D eigenvalue weighted by Gasteiger charge is -2.42. The first-order valence-corrected chi connectivity index (χ1v) is 7.20. The first-order chi connectivity index (χ1) is 8.09. The fraction of sp³-hybridized carbons (Fsp3) is 1.00. The van der Waals surface area contributed by atoms with Gasteiger partial charge in [0.1, 0.15) is 0 Å². The summed E-state index contributed by atoms with van der Waals surface area (Å²) in [6.07, 6.45) is 8.88. The molecule has 0 unspecified atom stereocenters. The van der Waals surface area contributed by atoms with Crippen molar-refractivity contribution in [2.45, 2.75) is 56.6 Å². The van der Waals surface area contributed by atoms with E-state index in [0.29, 0.717) is 6.04 Å². The van der Waals surface area contributed by atoms with Crippen molar-refractivity contribution in [1.29, 1.82) is 0 Å². The zero-order valence-electron chi connectivity index (χ0n) is 11.5. The monoisotopic (exact) mass is 240 g/mol. The number of nitrogens with zero attached hydrogens (tertiary/aromatic N) is 2. The highest BCUT2D eigenvalue weighted by molar-refractivity contribution is 4.90. The maximum Gasteiger partial charge on any atom is 0.0900 e. The second-order valence-corrected chi connectivity index (χ2v) is 6.27. The van der Waals surface area contributed by atoms with Crippen LogP contribution in [0.25, 0.3) is 0 Å². The number of piperidine rings is 1. The minimum atomic E-state index is -0.473. The van der Waals surface area contributed by atoms with Crippen LogP contribution in [0.3, 0.4) is 0 Å². The molecule has 3 heteroatoms. The van der Waals surface area contributed by atoms with E-state index in [9.17, 15) is 5.11 Å². The summed E-state index contributed by atoms with van der Waals surface area (Å²) in [5.74, 6) is 0. The SMILES string of the molecule is CN1CCC[C@@](O)(CN(C)C2CCCCC2)C1. The van der Waals surface area contributed by atoms with Gasteiger partial charge in [-0.15, -0.1) is 0 Å². The van der Waals surface area contributed by atoms with Crippen molar-refractivity contribution in [2.24, 2.45) is 0 Å². The number of hydrogen-bond acceptors (Lipinski definition) is 3. The Hall–Kier alpha value is -0.120. The van der Waals surface area contributed by atoms with Crippen molar-refractivity contribution in [2.75, 3.05) is 33.7 Å². The summed E-state index contributed by atoms with van der Waals surface area (Å²) in [5, 5.41) is 10.7. The predicted octanol–water partition coefficient (Wildman–Crippen LogP) is 1.71. The van der Waals surface area contributed by atoms with Crippen LogP contribution in [0, 0.1) is 0 Å². The number of likely N-dealkylation sites (N-methyl/N-ethyl adjacent to an activating group) is 2. The van der Waals surface area contributed by atoms with Gasteiger partial charge in [-0.1, -0.05) is 19.3 Å². The van der Waals surface area contributed by atoms with Crippen molar-refractivity contribution < 1.29 is 5.11 Å². The molecule has 2 rings (SSSR count). The summed E-state index contributed by atoms with van der Waals surface area (Å²) >= 11 is 0. The first-order valence-electron chi connectivity index (χ1n) is 7.20. The number of hydrogen-bond donors (Lipinski definition) is 1. The molecule has 2 fully saturated rings. The van der Waals surface area contributed by atoms with E-state index in [1.54, 1.807) is 0 Å². The number of aliphatic hydroxyl groups is 1. The Morgan fingerprint density at radius 1 is 1.24 bits per heavy atom. The molecule has 1 aliphatic heterocycles. The lowest BCUT2D eigenvalue weighted by Crippen LogP contribution is -2.54. The van der Waals surface area contributed by atoms with Crippen LogP contribution >= 0.6 is 0 Å². The maximum atomic E-state index is 10.7. The third-order valence-electron chi connectivity index (χ3n) is 4.49. The molecule has 1 aliphatic carbocycles. The van der Waals surface area contributed by atoms with E-state index < -0.39 is 5.60 Å². The van der Waals surface area contributed by atoms with E-state index in [4.69, 9.17) is 0 Å². The van der Waals surface area contributed by atoms with Crippen LogP contribution in [0.15, 0.2) is 0 Å². The van der Waals surface area contributed by atoms with Gasteiger partial charge in [0, 0.05) is 19.1 Å². The molecule has 0 aromatic carbocycles. The normalized spacial score (nSPS) is 33.2. The lowest BCUT2D eigenvalue weighted by atomic mass is 9.90. The molecule has 0 amide bonds. The summed E-state index contributed by atoms with van der Waals surface area (Å²) in [6, 6.07) is 0.708. The Morgan fingerprint density at radius 2 is 1.94 bits per heavy atom. The van der Waals surface area contributed by atoms with E-state index in [1.807, 2.05) is 0 Å². The number of rotatable bonds is 3. The second-order valence-electron chi connectivity index (χ2n) is 6.27. The van der Waals surface area contributed by atoms with Crippen molar-refractivity contribution in [3.63, 3.8) is 0 Å². The summed E-state index contributed by atoms with van der Waals surface area (Å²) in [5.41, 5.74) is -0.473. The highest BCUT2D eigenvalue weighted by atomic mass is 16.3. The molecule has 3 nitrogen and oxygen atoms in total. The Labute approximate surface area is 106 Å². The fourth-order valence-electron chi connectivity index (χ4n) is 3.58. The van der Waals surface area contributed by atoms with Gasteiger partial charge in [-0.05, 0) is 46.3 Å². The fourth-order valence-corrected chi connectivity index (χ4v) is 3.58. The van der Waals surface area contributed by atoms with Gasteiger partial charge in [0.15, 0.2) is 0 Å². The van der Waals surface area contributed by atoms with E-state index in [-0.39, 0.29) is 0 Å². The van der Waals surface area contributed by atoms with Crippen molar-refractivity contribution >= 4 is 0 Å². The number of β-amino-alcohol motifs (C(OH)–C–C–N with tert-alkyl or cyclic N) is 1. The summed E-state index contributed by atoms with van der Waals surface area (Å²) < 4.78 is 0. The summed E-state index contributed by atoms with van der Waals surface area (Å²) in [7, 11) is 4.31. The van der Waals surface area contributed by atoms with Gasteiger partial charge in [0.05, 0.1) is 5.60 Å². The van der Waals surface area contributed by atoms with E-state index in [0.717, 1.165) is 32.5 Å². The zero-order chi connectivity index (χ0) is 12.3. The summed E-state index contributed by atoms with van der Waals surface area (Å²) in [6.45, 7) is 2.82. The molecule has 1 N–H and O–H groups in total. The van der Waals surface area contributed by atoms with Gasteiger partial charge in [0.25, 0.3) is 0 Å². The van der Waals surface area contributed by atoms with E-state index in [2.05, 4.69) is 23.9 Å². The molecule has 1 saturated carbocycles. The van der Waals surface area contributed by atoms with Crippen LogP contribution in [-0.2, 0) is 0 Å². The minimum Gasteiger partial charge on any atom is -0.387 e. The topological polar surface area (TPSA) is 26.7 Å². The highest BCUT2D eigenvalue weighted by Gasteiger charge is 2.34. The maximum absolute atomic E-state index is 10.7. The number of likely N-dealkylation sites (tertiary alicyclic amines) is 1. The molecule has 0 radical (unpaired) electrons. The molecule has 0 aromatic heterocycles. The van der Waals surface area contributed by atoms with Crippen LogP contribution < -0.4 is 0 Å². The molecule has 2 aliphatic rings. The lowest BCUT2D eigenvalue weighted by molar-refractivity contribution is -0.0518. The standard InChI is InChI=1S/C14H28N2O/c1-15-10-6-9-14(17,11-15)12-16(2)13-7-4-3-5-8-13/h13,17H,3-12H2,1-2H3/t14-/m0/s1. The third kappa shape index (κ3) is 3.67. The van der Waals surface area contributed by atoms with E-state index in [1.165, 1.54) is 32.1 Å². The molecule has 0 bridgehead atoms. The van der Waals surface area contributed by atoms with Crippen molar-refractivity contribution in [3.05, 3.63) is 0 Å². The largest absolute Gasteiger partial charge is 0.387 e. The molecule has 100 valence electrons. The third-order valence-corrected chi connectivity index (χ3v) is 4.49. The minimum absolute atomic E-state index is 0.473. The predicted molar refractivity (Wildman–Crippen MR) is 71.2 cm³/mol. The Morgan fingerprint density at radius 3 is 2.59 bits per heavy atom. The molecule has 1 atom stereocenters. The molecular weight excluding hydrogens is 212 g/mol. The quantitative estimate of drug-likeness (QED) is 0.813. The van der Waals surface area contributed by atoms with Crippen LogP contribution in [0.4, 0.5) is 0 Å². The Kier molecular flexibility index (Phi) is 4.45. The molecule has 0 spiro atoms. The summed E-state index contributed by atoms with van der Waals surface area (Å²) in [4.78, 5) is 4.68. The average molecular weight is 240 g/mol. The second kappa shape index (κ2) is 5.68. The zero-order valence-corrected chi connectivity index (χ0v) is 11.5. The van der Waals surface area contributed by atoms with Gasteiger partial charge in [-0.25, -0.2) is 0 Å². The van der Waals surface area contributed by atoms with Crippen molar-refractivity contribution in [1.82, 2.24) is 9.80 Å².